The lowest BCUT2D eigenvalue weighted by atomic mass is 9.72. The highest BCUT2D eigenvalue weighted by Gasteiger charge is 2.46. The highest BCUT2D eigenvalue weighted by molar-refractivity contribution is 5.95. The van der Waals surface area contributed by atoms with Crippen molar-refractivity contribution >= 4 is 17.7 Å². The standard InChI is InChI=1S/C24H31N3O3.H2/c1-4-14-30-23(29)26-11-8-20(16-26)15-25-12-9-24(10-13-25)17-27(19(3)28)21-7-5-6-18(2)22(21)24;/h1,5-7,20H,8-17H2,2-3H3;1H/t20-;/m1./s1. The molecule has 6 heteroatoms. The molecule has 0 radical (unpaired) electrons. The Balaban J connectivity index is 0.00000272. The van der Waals surface area contributed by atoms with Crippen LogP contribution in [0.4, 0.5) is 10.5 Å². The molecule has 1 aromatic rings. The van der Waals surface area contributed by atoms with E-state index >= 15 is 0 Å². The van der Waals surface area contributed by atoms with Crippen LogP contribution in [-0.2, 0) is 14.9 Å². The van der Waals surface area contributed by atoms with Gasteiger partial charge in [-0.25, -0.2) is 4.79 Å². The summed E-state index contributed by atoms with van der Waals surface area (Å²) >= 11 is 0. The third-order valence-electron chi connectivity index (χ3n) is 7.07. The van der Waals surface area contributed by atoms with E-state index in [1.807, 2.05) is 4.90 Å². The number of ether oxygens (including phenoxy) is 1. The summed E-state index contributed by atoms with van der Waals surface area (Å²) in [6.07, 6.45) is 8.01. The van der Waals surface area contributed by atoms with Crippen molar-refractivity contribution in [3.8, 4) is 12.3 Å². The highest BCUT2D eigenvalue weighted by atomic mass is 16.6. The molecule has 6 nitrogen and oxygen atoms in total. The predicted molar refractivity (Wildman–Crippen MR) is 119 cm³/mol. The summed E-state index contributed by atoms with van der Waals surface area (Å²) in [6.45, 7) is 9.21. The van der Waals surface area contributed by atoms with Crippen molar-refractivity contribution in [3.63, 3.8) is 0 Å². The van der Waals surface area contributed by atoms with E-state index in [9.17, 15) is 9.59 Å². The number of carbonyl (C=O) groups is 2. The summed E-state index contributed by atoms with van der Waals surface area (Å²) in [7, 11) is 0. The molecule has 4 rings (SSSR count). The van der Waals surface area contributed by atoms with Gasteiger partial charge in [0.2, 0.25) is 5.91 Å². The maximum Gasteiger partial charge on any atom is 0.410 e. The van der Waals surface area contributed by atoms with Crippen LogP contribution in [0.1, 0.15) is 38.7 Å². The minimum absolute atomic E-state index is 0. The Kier molecular flexibility index (Phi) is 5.75. The fourth-order valence-electron chi connectivity index (χ4n) is 5.59. The van der Waals surface area contributed by atoms with Crippen LogP contribution < -0.4 is 4.90 Å². The van der Waals surface area contributed by atoms with Crippen molar-refractivity contribution in [2.75, 3.05) is 50.8 Å². The molecule has 0 aliphatic carbocycles. The molecule has 0 saturated carbocycles. The molecule has 2 fully saturated rings. The zero-order valence-corrected chi connectivity index (χ0v) is 18.0. The molecule has 162 valence electrons. The number of amides is 2. The number of terminal acetylenes is 1. The van der Waals surface area contributed by atoms with Crippen LogP contribution in [0.3, 0.4) is 0 Å². The predicted octanol–water partition coefficient (Wildman–Crippen LogP) is 3.03. The van der Waals surface area contributed by atoms with E-state index < -0.39 is 0 Å². The molecule has 3 heterocycles. The average Bonchev–Trinajstić information content (AvgIpc) is 3.32. The topological polar surface area (TPSA) is 53.1 Å². The van der Waals surface area contributed by atoms with Crippen molar-refractivity contribution in [1.29, 1.82) is 0 Å². The van der Waals surface area contributed by atoms with Gasteiger partial charge in [-0.3, -0.25) is 4.79 Å². The molecular weight excluding hydrogens is 378 g/mol. The molecule has 1 spiro atoms. The van der Waals surface area contributed by atoms with Crippen molar-refractivity contribution < 1.29 is 15.8 Å². The Morgan fingerprint density at radius 3 is 2.77 bits per heavy atom. The molecule has 30 heavy (non-hydrogen) atoms. The molecule has 0 N–H and O–H groups in total. The lowest BCUT2D eigenvalue weighted by molar-refractivity contribution is -0.116. The van der Waals surface area contributed by atoms with Gasteiger partial charge in [-0.15, -0.1) is 6.42 Å². The third-order valence-corrected chi connectivity index (χ3v) is 7.07. The van der Waals surface area contributed by atoms with Crippen molar-refractivity contribution in [3.05, 3.63) is 29.3 Å². The second-order valence-corrected chi connectivity index (χ2v) is 9.01. The Morgan fingerprint density at radius 1 is 1.30 bits per heavy atom. The number of fused-ring (bicyclic) bond motifs is 2. The van der Waals surface area contributed by atoms with Crippen LogP contribution in [0.2, 0.25) is 0 Å². The molecular formula is C24H33N3O3. The first-order valence-electron chi connectivity index (χ1n) is 10.9. The largest absolute Gasteiger partial charge is 0.436 e. The molecule has 2 amide bonds. The summed E-state index contributed by atoms with van der Waals surface area (Å²) < 4.78 is 5.06. The number of piperidine rings is 1. The number of benzene rings is 1. The summed E-state index contributed by atoms with van der Waals surface area (Å²) in [5, 5.41) is 0. The van der Waals surface area contributed by atoms with Gasteiger partial charge in [-0.2, -0.15) is 0 Å². The third kappa shape index (κ3) is 3.79. The normalized spacial score (nSPS) is 22.8. The van der Waals surface area contributed by atoms with Gasteiger partial charge in [0.05, 0.1) is 0 Å². The maximum absolute atomic E-state index is 12.3. The number of likely N-dealkylation sites (tertiary alicyclic amines) is 2. The molecule has 1 aromatic carbocycles. The van der Waals surface area contributed by atoms with Crippen LogP contribution >= 0.6 is 0 Å². The first-order valence-corrected chi connectivity index (χ1v) is 10.9. The number of rotatable bonds is 3. The van der Waals surface area contributed by atoms with E-state index in [0.29, 0.717) is 5.92 Å². The molecule has 1 atom stereocenters. The average molecular weight is 412 g/mol. The van der Waals surface area contributed by atoms with Crippen molar-refractivity contribution in [2.45, 2.75) is 38.5 Å². The summed E-state index contributed by atoms with van der Waals surface area (Å²) in [5.41, 5.74) is 3.85. The first kappa shape index (κ1) is 20.7. The van der Waals surface area contributed by atoms with E-state index in [0.717, 1.165) is 64.2 Å². The van der Waals surface area contributed by atoms with Crippen molar-refractivity contribution in [2.24, 2.45) is 5.92 Å². The van der Waals surface area contributed by atoms with Gasteiger partial charge < -0.3 is 19.4 Å². The van der Waals surface area contributed by atoms with Gasteiger partial charge in [-0.05, 0) is 62.4 Å². The Bertz CT molecular complexity index is 873. The summed E-state index contributed by atoms with van der Waals surface area (Å²) in [4.78, 5) is 30.5. The Labute approximate surface area is 180 Å². The number of hydrogen-bond acceptors (Lipinski definition) is 4. The Hall–Kier alpha value is -2.52. The monoisotopic (exact) mass is 411 g/mol. The van der Waals surface area contributed by atoms with Gasteiger partial charge in [0.15, 0.2) is 6.61 Å². The van der Waals surface area contributed by atoms with Crippen LogP contribution in [0, 0.1) is 25.2 Å². The van der Waals surface area contributed by atoms with Gasteiger partial charge in [0, 0.05) is 45.6 Å². The van der Waals surface area contributed by atoms with Crippen LogP contribution in [0.15, 0.2) is 18.2 Å². The Morgan fingerprint density at radius 2 is 2.07 bits per heavy atom. The molecule has 2 saturated heterocycles. The second kappa shape index (κ2) is 8.31. The van der Waals surface area contributed by atoms with E-state index in [2.05, 4.69) is 35.9 Å². The zero-order chi connectivity index (χ0) is 21.3. The molecule has 3 aliphatic heterocycles. The SMILES string of the molecule is C#CCOC(=O)N1CC[C@H](CN2CCC3(CC2)CN(C(C)=O)c2cccc(C)c23)C1.[HH]. The summed E-state index contributed by atoms with van der Waals surface area (Å²) in [5.74, 6) is 2.95. The second-order valence-electron chi connectivity index (χ2n) is 9.01. The lowest BCUT2D eigenvalue weighted by Gasteiger charge is -2.41. The number of carbonyl (C=O) groups excluding carboxylic acids is 2. The molecule has 0 unspecified atom stereocenters. The zero-order valence-electron chi connectivity index (χ0n) is 18.0. The molecule has 3 aliphatic rings. The van der Waals surface area contributed by atoms with Crippen LogP contribution in [0.5, 0.6) is 0 Å². The smallest absolute Gasteiger partial charge is 0.410 e. The minimum Gasteiger partial charge on any atom is -0.436 e. The van der Waals surface area contributed by atoms with E-state index in [1.54, 1.807) is 11.8 Å². The van der Waals surface area contributed by atoms with Crippen LogP contribution in [-0.4, -0.2) is 67.7 Å². The summed E-state index contributed by atoms with van der Waals surface area (Å²) in [6, 6.07) is 6.32. The fraction of sp³-hybridized carbons (Fsp3) is 0.583. The van der Waals surface area contributed by atoms with Crippen LogP contribution in [0.25, 0.3) is 0 Å². The number of aryl methyl sites for hydroxylation is 1. The first-order chi connectivity index (χ1) is 14.4. The fourth-order valence-corrected chi connectivity index (χ4v) is 5.59. The maximum atomic E-state index is 12.3. The molecule has 0 bridgehead atoms. The lowest BCUT2D eigenvalue weighted by Crippen LogP contribution is -2.47. The van der Waals surface area contributed by atoms with Gasteiger partial charge in [-0.1, -0.05) is 18.1 Å². The number of anilines is 1. The number of hydrogen-bond donors (Lipinski definition) is 0. The van der Waals surface area contributed by atoms with Gasteiger partial charge in [0.1, 0.15) is 0 Å². The van der Waals surface area contributed by atoms with E-state index in [1.165, 1.54) is 11.1 Å². The van der Waals surface area contributed by atoms with Gasteiger partial charge >= 0.3 is 6.09 Å². The van der Waals surface area contributed by atoms with E-state index in [-0.39, 0.29) is 25.4 Å². The van der Waals surface area contributed by atoms with E-state index in [4.69, 9.17) is 11.2 Å². The number of nitrogens with zero attached hydrogens (tertiary/aromatic N) is 3. The minimum atomic E-state index is -0.296. The highest BCUT2D eigenvalue weighted by Crippen LogP contribution is 2.48. The quantitative estimate of drug-likeness (QED) is 0.718. The van der Waals surface area contributed by atoms with Crippen molar-refractivity contribution in [1.82, 2.24) is 9.80 Å². The van der Waals surface area contributed by atoms with Gasteiger partial charge in [0.25, 0.3) is 0 Å². The molecule has 0 aromatic heterocycles.